The van der Waals surface area contributed by atoms with Crippen LogP contribution in [0.25, 0.3) is 55.0 Å². The number of fused-ring (bicyclic) bond motifs is 11. The van der Waals surface area contributed by atoms with E-state index in [0.29, 0.717) is 35.5 Å². The van der Waals surface area contributed by atoms with E-state index in [1.807, 2.05) is 0 Å². The summed E-state index contributed by atoms with van der Waals surface area (Å²) in [6.07, 6.45) is 6.43. The van der Waals surface area contributed by atoms with Gasteiger partial charge in [-0.25, -0.2) is 0 Å². The highest BCUT2D eigenvalue weighted by molar-refractivity contribution is 6.20. The Bertz CT molecular complexity index is 3660. The van der Waals surface area contributed by atoms with E-state index < -0.39 is 0 Å². The van der Waals surface area contributed by atoms with Gasteiger partial charge >= 0.3 is 0 Å². The van der Waals surface area contributed by atoms with E-state index >= 15 is 0 Å². The summed E-state index contributed by atoms with van der Waals surface area (Å²) in [5.74, 6) is 4.37. The van der Waals surface area contributed by atoms with Crippen LogP contribution < -0.4 is 9.80 Å². The van der Waals surface area contributed by atoms with Gasteiger partial charge in [-0.05, 0) is 192 Å². The van der Waals surface area contributed by atoms with Crippen molar-refractivity contribution >= 4 is 78.0 Å². The zero-order valence-corrected chi connectivity index (χ0v) is 44.4. The SMILES string of the molecule is CC(C)c1ccc(N(c2ccc(C(C)C)cc2)c2ccc3c(c2)oc2c4c(ccc23)-c2c(cc(N(c3ccc(C(C)C)cc3)c3ccc(C(C)C)cc3)c3c2oc2ccccc23)C42C3CC4CC(C3)CC2C4)cc1. The Kier molecular flexibility index (Phi) is 10.5. The number of anilines is 6. The summed E-state index contributed by atoms with van der Waals surface area (Å²) in [5, 5.41) is 4.69. The average Bonchev–Trinajstić information content (AvgIpc) is 4.09. The minimum Gasteiger partial charge on any atom is -0.456 e. The molecule has 1 spiro atoms. The highest BCUT2D eigenvalue weighted by Crippen LogP contribution is 2.72. The van der Waals surface area contributed by atoms with Gasteiger partial charge < -0.3 is 18.6 Å². The van der Waals surface area contributed by atoms with Crippen LogP contribution in [0.5, 0.6) is 0 Å². The smallest absolute Gasteiger partial charge is 0.145 e. The van der Waals surface area contributed by atoms with E-state index in [9.17, 15) is 0 Å². The molecular weight excluding hydrogens is 901 g/mol. The number of furan rings is 2. The lowest BCUT2D eigenvalue weighted by molar-refractivity contribution is -0.0396. The summed E-state index contributed by atoms with van der Waals surface area (Å²) in [5.41, 5.74) is 21.3. The maximum absolute atomic E-state index is 7.60. The standard InChI is InChI=1S/C70H68N2O2/c1-40(2)46-13-21-52(22-14-46)71(53-23-15-47(16-24-53)41(3)4)56-29-30-57-58-31-32-60-65-61(70(67(60)68(58)74-64(57)38-56)50-34-44-33-45(36-50)37-51(70)35-44)39-62(66-59-11-9-10-12-63(59)73-69(65)66)72(54-25-17-48(18-26-54)42(5)6)55-27-19-49(20-28-55)43(7)8/h9-32,38-45,50-51H,33-37H2,1-8H3. The Morgan fingerprint density at radius 1 is 0.419 bits per heavy atom. The predicted molar refractivity (Wildman–Crippen MR) is 310 cm³/mol. The maximum Gasteiger partial charge on any atom is 0.145 e. The highest BCUT2D eigenvalue weighted by atomic mass is 16.3. The zero-order chi connectivity index (χ0) is 50.3. The van der Waals surface area contributed by atoms with Crippen molar-refractivity contribution in [2.75, 3.05) is 9.80 Å². The second-order valence-corrected chi connectivity index (χ2v) is 24.1. The van der Waals surface area contributed by atoms with Crippen LogP contribution >= 0.6 is 0 Å². The summed E-state index contributed by atoms with van der Waals surface area (Å²) in [4.78, 5) is 4.95. The van der Waals surface area contributed by atoms with Crippen LogP contribution in [-0.2, 0) is 5.41 Å². The van der Waals surface area contributed by atoms with Gasteiger partial charge in [0.05, 0.1) is 11.1 Å². The van der Waals surface area contributed by atoms with Gasteiger partial charge in [-0.3, -0.25) is 0 Å². The van der Waals surface area contributed by atoms with Crippen molar-refractivity contribution in [3.05, 3.63) is 191 Å². The molecule has 0 saturated heterocycles. The summed E-state index contributed by atoms with van der Waals surface area (Å²) < 4.78 is 15.0. The van der Waals surface area contributed by atoms with Gasteiger partial charge in [0.2, 0.25) is 0 Å². The maximum atomic E-state index is 7.60. The Hall–Kier alpha value is -7.04. The fourth-order valence-electron chi connectivity index (χ4n) is 15.1. The molecule has 0 radical (unpaired) electrons. The molecule has 0 atom stereocenters. The molecular formula is C70H68N2O2. The van der Waals surface area contributed by atoms with Crippen molar-refractivity contribution in [3.63, 3.8) is 0 Å². The molecule has 2 heterocycles. The average molecular weight is 969 g/mol. The Morgan fingerprint density at radius 2 is 0.878 bits per heavy atom. The lowest BCUT2D eigenvalue weighted by Crippen LogP contribution is -2.55. The second-order valence-electron chi connectivity index (χ2n) is 24.1. The zero-order valence-electron chi connectivity index (χ0n) is 44.4. The number of rotatable bonds is 10. The molecule has 0 aliphatic heterocycles. The van der Waals surface area contributed by atoms with E-state index in [-0.39, 0.29) is 5.41 Å². The minimum atomic E-state index is -0.229. The molecule has 10 aromatic rings. The van der Waals surface area contributed by atoms with E-state index in [1.54, 1.807) is 0 Å². The summed E-state index contributed by atoms with van der Waals surface area (Å²) in [6.45, 7) is 18.2. The molecule has 2 aromatic heterocycles. The molecule has 0 N–H and O–H groups in total. The quantitative estimate of drug-likeness (QED) is 0.137. The molecule has 370 valence electrons. The van der Waals surface area contributed by atoms with Gasteiger partial charge in [0.15, 0.2) is 0 Å². The summed E-state index contributed by atoms with van der Waals surface area (Å²) >= 11 is 0. The number of hydrogen-bond acceptors (Lipinski definition) is 4. The van der Waals surface area contributed by atoms with Crippen molar-refractivity contribution in [3.8, 4) is 11.1 Å². The molecule has 0 amide bonds. The van der Waals surface area contributed by atoms with Gasteiger partial charge in [-0.2, -0.15) is 0 Å². The largest absolute Gasteiger partial charge is 0.456 e. The van der Waals surface area contributed by atoms with Gasteiger partial charge in [0.1, 0.15) is 22.3 Å². The summed E-state index contributed by atoms with van der Waals surface area (Å²) in [6, 6.07) is 60.1. The minimum absolute atomic E-state index is 0.229. The van der Waals surface area contributed by atoms with Crippen molar-refractivity contribution in [1.29, 1.82) is 0 Å². The van der Waals surface area contributed by atoms with Crippen molar-refractivity contribution in [2.24, 2.45) is 23.7 Å². The van der Waals surface area contributed by atoms with E-state index in [4.69, 9.17) is 8.83 Å². The molecule has 5 aliphatic rings. The molecule has 0 unspecified atom stereocenters. The Labute approximate surface area is 437 Å². The number of hydrogen-bond donors (Lipinski definition) is 0. The molecule has 8 aromatic carbocycles. The lowest BCUT2D eigenvalue weighted by Gasteiger charge is -2.61. The molecule has 74 heavy (non-hydrogen) atoms. The molecule has 4 heteroatoms. The topological polar surface area (TPSA) is 32.8 Å². The van der Waals surface area contributed by atoms with Gasteiger partial charge in [0, 0.05) is 67.2 Å². The van der Waals surface area contributed by atoms with Gasteiger partial charge in [-0.1, -0.05) is 128 Å². The fraction of sp³-hybridized carbons (Fsp3) is 0.314. The van der Waals surface area contributed by atoms with Gasteiger partial charge in [0.25, 0.3) is 0 Å². The Morgan fingerprint density at radius 3 is 1.39 bits per heavy atom. The second kappa shape index (κ2) is 17.0. The molecule has 4 bridgehead atoms. The third kappa shape index (κ3) is 6.78. The fourth-order valence-corrected chi connectivity index (χ4v) is 15.1. The van der Waals surface area contributed by atoms with Crippen LogP contribution in [0.2, 0.25) is 0 Å². The van der Waals surface area contributed by atoms with Crippen LogP contribution in [0.4, 0.5) is 34.1 Å². The van der Waals surface area contributed by atoms with Crippen molar-refractivity contribution in [2.45, 2.75) is 117 Å². The van der Waals surface area contributed by atoms with Crippen LogP contribution in [0.15, 0.2) is 167 Å². The van der Waals surface area contributed by atoms with Crippen LogP contribution in [0.1, 0.15) is 145 Å². The van der Waals surface area contributed by atoms with Crippen molar-refractivity contribution < 1.29 is 8.83 Å². The number of nitrogens with zero attached hydrogens (tertiary/aromatic N) is 2. The van der Waals surface area contributed by atoms with E-state index in [2.05, 4.69) is 223 Å². The third-order valence-electron chi connectivity index (χ3n) is 18.6. The predicted octanol–water partition coefficient (Wildman–Crippen LogP) is 20.6. The monoisotopic (exact) mass is 969 g/mol. The first-order valence-corrected chi connectivity index (χ1v) is 27.9. The lowest BCUT2D eigenvalue weighted by atomic mass is 9.43. The van der Waals surface area contributed by atoms with Gasteiger partial charge in [-0.15, -0.1) is 0 Å². The molecule has 5 aliphatic carbocycles. The molecule has 4 fully saturated rings. The van der Waals surface area contributed by atoms with Crippen molar-refractivity contribution in [1.82, 2.24) is 0 Å². The van der Waals surface area contributed by atoms with E-state index in [0.717, 1.165) is 68.0 Å². The summed E-state index contributed by atoms with van der Waals surface area (Å²) in [7, 11) is 0. The molecule has 4 nitrogen and oxygen atoms in total. The van der Waals surface area contributed by atoms with Crippen LogP contribution in [0, 0.1) is 23.7 Å². The first-order valence-electron chi connectivity index (χ1n) is 27.9. The highest BCUT2D eigenvalue weighted by Gasteiger charge is 2.63. The molecule has 4 saturated carbocycles. The normalized spacial score (nSPS) is 20.7. The first kappa shape index (κ1) is 45.6. The number of para-hydroxylation sites is 1. The van der Waals surface area contributed by atoms with Crippen LogP contribution in [0.3, 0.4) is 0 Å². The first-order chi connectivity index (χ1) is 35.9. The number of benzene rings is 8. The Balaban J connectivity index is 1.02. The van der Waals surface area contributed by atoms with E-state index in [1.165, 1.54) is 98.5 Å². The third-order valence-corrected chi connectivity index (χ3v) is 18.6. The molecule has 15 rings (SSSR count). The van der Waals surface area contributed by atoms with Crippen LogP contribution in [-0.4, -0.2) is 0 Å².